The molecule has 0 N–H and O–H groups in total. The highest BCUT2D eigenvalue weighted by Gasteiger charge is 2.22. The van der Waals surface area contributed by atoms with Crippen molar-refractivity contribution in [2.24, 2.45) is 0 Å². The lowest BCUT2D eigenvalue weighted by molar-refractivity contribution is 0.0922. The number of carbonyl (C=O) groups is 1. The zero-order chi connectivity index (χ0) is 12.8. The Morgan fingerprint density at radius 1 is 1.22 bits per heavy atom. The van der Waals surface area contributed by atoms with Gasteiger partial charge in [-0.05, 0) is 25.9 Å². The first kappa shape index (κ1) is 13.3. The predicted octanol–water partition coefficient (Wildman–Crippen LogP) is 3.52. The van der Waals surface area contributed by atoms with Gasteiger partial charge in [-0.1, -0.05) is 50.1 Å². The Labute approximate surface area is 110 Å². The van der Waals surface area contributed by atoms with E-state index in [2.05, 4.69) is 11.8 Å². The summed E-state index contributed by atoms with van der Waals surface area (Å²) in [5, 5.41) is 0. The lowest BCUT2D eigenvalue weighted by Gasteiger charge is -2.28. The minimum absolute atomic E-state index is 0.293. The highest BCUT2D eigenvalue weighted by molar-refractivity contribution is 5.96. The van der Waals surface area contributed by atoms with Gasteiger partial charge in [0.15, 0.2) is 5.78 Å². The van der Waals surface area contributed by atoms with Crippen LogP contribution < -0.4 is 0 Å². The quantitative estimate of drug-likeness (QED) is 0.756. The van der Waals surface area contributed by atoms with Gasteiger partial charge in [-0.3, -0.25) is 4.79 Å². The van der Waals surface area contributed by atoms with Gasteiger partial charge in [0.2, 0.25) is 0 Å². The van der Waals surface area contributed by atoms with E-state index in [0.717, 1.165) is 18.7 Å². The van der Waals surface area contributed by atoms with Crippen molar-refractivity contribution in [1.29, 1.82) is 0 Å². The van der Waals surface area contributed by atoms with E-state index in [1.165, 1.54) is 25.7 Å². The van der Waals surface area contributed by atoms with Crippen molar-refractivity contribution >= 4 is 5.78 Å². The molecule has 1 saturated heterocycles. The maximum atomic E-state index is 12.3. The van der Waals surface area contributed by atoms with Gasteiger partial charge in [0, 0.05) is 18.0 Å². The zero-order valence-electron chi connectivity index (χ0n) is 11.3. The van der Waals surface area contributed by atoms with Gasteiger partial charge >= 0.3 is 0 Å². The van der Waals surface area contributed by atoms with Gasteiger partial charge in [0.25, 0.3) is 0 Å². The Bertz CT molecular complexity index is 374. The summed E-state index contributed by atoms with van der Waals surface area (Å²) in [6.45, 7) is 4.42. The summed E-state index contributed by atoms with van der Waals surface area (Å²) < 4.78 is 0. The number of likely N-dealkylation sites (tertiary alicyclic amines) is 1. The van der Waals surface area contributed by atoms with Crippen LogP contribution in [0, 0.1) is 0 Å². The summed E-state index contributed by atoms with van der Waals surface area (Å²) in [5.41, 5.74) is 0.859. The third kappa shape index (κ3) is 3.42. The molecule has 0 saturated carbocycles. The van der Waals surface area contributed by atoms with E-state index in [0.29, 0.717) is 18.2 Å². The number of benzene rings is 1. The van der Waals surface area contributed by atoms with Crippen LogP contribution in [-0.2, 0) is 0 Å². The summed E-state index contributed by atoms with van der Waals surface area (Å²) in [7, 11) is 0. The molecule has 0 bridgehead atoms. The summed E-state index contributed by atoms with van der Waals surface area (Å²) in [6.07, 6.45) is 5.71. The van der Waals surface area contributed by atoms with Crippen molar-refractivity contribution in [3.63, 3.8) is 0 Å². The van der Waals surface area contributed by atoms with Crippen LogP contribution in [0.2, 0.25) is 0 Å². The van der Waals surface area contributed by atoms with E-state index >= 15 is 0 Å². The highest BCUT2D eigenvalue weighted by Crippen LogP contribution is 2.20. The molecule has 2 rings (SSSR count). The summed E-state index contributed by atoms with van der Waals surface area (Å²) >= 11 is 0. The fourth-order valence-electron chi connectivity index (χ4n) is 2.84. The van der Waals surface area contributed by atoms with Gasteiger partial charge in [-0.15, -0.1) is 0 Å². The molecule has 0 aromatic heterocycles. The summed E-state index contributed by atoms with van der Waals surface area (Å²) in [6, 6.07) is 10.1. The van der Waals surface area contributed by atoms with Crippen LogP contribution in [0.1, 0.15) is 49.4 Å². The second-order valence-electron chi connectivity index (χ2n) is 5.13. The molecule has 1 aliphatic heterocycles. The van der Waals surface area contributed by atoms with E-state index in [9.17, 15) is 4.79 Å². The third-order valence-electron chi connectivity index (χ3n) is 3.92. The van der Waals surface area contributed by atoms with Crippen LogP contribution in [0.4, 0.5) is 0 Å². The molecule has 0 amide bonds. The molecule has 18 heavy (non-hydrogen) atoms. The first-order valence-corrected chi connectivity index (χ1v) is 7.13. The van der Waals surface area contributed by atoms with Crippen molar-refractivity contribution in [2.75, 3.05) is 13.1 Å². The molecule has 1 aromatic rings. The number of hydrogen-bond donors (Lipinski definition) is 0. The normalized spacial score (nSPS) is 21.5. The van der Waals surface area contributed by atoms with E-state index in [1.807, 2.05) is 30.3 Å². The van der Waals surface area contributed by atoms with E-state index in [4.69, 9.17) is 0 Å². The maximum Gasteiger partial charge on any atom is 0.164 e. The number of carbonyl (C=O) groups excluding carboxylic acids is 1. The van der Waals surface area contributed by atoms with Gasteiger partial charge in [-0.2, -0.15) is 0 Å². The lowest BCUT2D eigenvalue weighted by atomic mass is 9.99. The Hall–Kier alpha value is -1.15. The molecule has 0 spiro atoms. The molecule has 1 aliphatic rings. The number of nitrogens with zero attached hydrogens (tertiary/aromatic N) is 1. The fraction of sp³-hybridized carbons (Fsp3) is 0.562. The second-order valence-corrected chi connectivity index (χ2v) is 5.13. The molecular formula is C16H23NO. The van der Waals surface area contributed by atoms with Crippen LogP contribution in [-0.4, -0.2) is 29.8 Å². The largest absolute Gasteiger partial charge is 0.300 e. The molecular weight excluding hydrogens is 222 g/mol. The average molecular weight is 245 g/mol. The van der Waals surface area contributed by atoms with Gasteiger partial charge < -0.3 is 4.90 Å². The summed E-state index contributed by atoms with van der Waals surface area (Å²) in [4.78, 5) is 14.7. The van der Waals surface area contributed by atoms with Crippen LogP contribution in [0.3, 0.4) is 0 Å². The molecule has 1 atom stereocenters. The molecule has 0 aliphatic carbocycles. The van der Waals surface area contributed by atoms with Gasteiger partial charge in [0.1, 0.15) is 0 Å². The first-order valence-electron chi connectivity index (χ1n) is 7.13. The van der Waals surface area contributed by atoms with Crippen LogP contribution in [0.15, 0.2) is 30.3 Å². The second kappa shape index (κ2) is 6.69. The maximum absolute atomic E-state index is 12.3. The van der Waals surface area contributed by atoms with E-state index in [1.54, 1.807) is 0 Å². The van der Waals surface area contributed by atoms with E-state index < -0.39 is 0 Å². The Morgan fingerprint density at radius 2 is 2.00 bits per heavy atom. The Balaban J connectivity index is 2.00. The molecule has 2 nitrogen and oxygen atoms in total. The Kier molecular flexibility index (Phi) is 4.94. The number of rotatable bonds is 4. The zero-order valence-corrected chi connectivity index (χ0v) is 11.3. The molecule has 2 heteroatoms. The standard InChI is InChI=1S/C16H23NO/c1-2-17-12-8-4-7-11-15(17)13-16(18)14-9-5-3-6-10-14/h3,5-6,9-10,15H,2,4,7-8,11-13H2,1H3. The van der Waals surface area contributed by atoms with Crippen molar-refractivity contribution < 1.29 is 4.79 Å². The predicted molar refractivity (Wildman–Crippen MR) is 74.9 cm³/mol. The third-order valence-corrected chi connectivity index (χ3v) is 3.92. The first-order chi connectivity index (χ1) is 8.81. The smallest absolute Gasteiger partial charge is 0.164 e. The van der Waals surface area contributed by atoms with Crippen LogP contribution in [0.25, 0.3) is 0 Å². The minimum Gasteiger partial charge on any atom is -0.300 e. The molecule has 98 valence electrons. The number of Topliss-reactive ketones (excluding diaryl/α,β-unsaturated/α-hetero) is 1. The SMILES string of the molecule is CCN1CCCCCC1CC(=O)c1ccccc1. The van der Waals surface area contributed by atoms with Crippen LogP contribution in [0.5, 0.6) is 0 Å². The molecule has 1 unspecified atom stereocenters. The Morgan fingerprint density at radius 3 is 2.72 bits per heavy atom. The number of hydrogen-bond acceptors (Lipinski definition) is 2. The van der Waals surface area contributed by atoms with Crippen molar-refractivity contribution in [3.05, 3.63) is 35.9 Å². The topological polar surface area (TPSA) is 20.3 Å². The number of ketones is 1. The van der Waals surface area contributed by atoms with Crippen molar-refractivity contribution in [1.82, 2.24) is 4.90 Å². The minimum atomic E-state index is 0.293. The fourth-order valence-corrected chi connectivity index (χ4v) is 2.84. The lowest BCUT2D eigenvalue weighted by Crippen LogP contribution is -2.36. The highest BCUT2D eigenvalue weighted by atomic mass is 16.1. The van der Waals surface area contributed by atoms with Crippen molar-refractivity contribution in [3.8, 4) is 0 Å². The van der Waals surface area contributed by atoms with Gasteiger partial charge in [0.05, 0.1) is 0 Å². The van der Waals surface area contributed by atoms with E-state index in [-0.39, 0.29) is 0 Å². The molecule has 0 radical (unpaired) electrons. The van der Waals surface area contributed by atoms with Crippen molar-refractivity contribution in [2.45, 2.75) is 45.1 Å². The van der Waals surface area contributed by atoms with Gasteiger partial charge in [-0.25, -0.2) is 0 Å². The monoisotopic (exact) mass is 245 g/mol. The molecule has 1 fully saturated rings. The molecule has 1 heterocycles. The molecule has 1 aromatic carbocycles. The van der Waals surface area contributed by atoms with Crippen LogP contribution >= 0.6 is 0 Å². The summed E-state index contributed by atoms with van der Waals surface area (Å²) in [5.74, 6) is 0.293. The average Bonchev–Trinajstić information content (AvgIpc) is 2.64.